The predicted octanol–water partition coefficient (Wildman–Crippen LogP) is 2.98. The average molecular weight is 321 g/mol. The van der Waals surface area contributed by atoms with Gasteiger partial charge in [-0.25, -0.2) is 9.97 Å². The van der Waals surface area contributed by atoms with Crippen LogP contribution in [-0.2, 0) is 11.2 Å². The van der Waals surface area contributed by atoms with E-state index < -0.39 is 0 Å². The van der Waals surface area contributed by atoms with Gasteiger partial charge in [0.05, 0.1) is 18.3 Å². The number of methoxy groups -OCH3 is 1. The maximum Gasteiger partial charge on any atom is 0.216 e. The lowest BCUT2D eigenvalue weighted by atomic mass is 10.1. The van der Waals surface area contributed by atoms with Gasteiger partial charge in [-0.15, -0.1) is 0 Å². The highest BCUT2D eigenvalue weighted by molar-refractivity contribution is 5.84. The molecule has 0 saturated heterocycles. The maximum absolute atomic E-state index is 11.1. The van der Waals surface area contributed by atoms with Gasteiger partial charge in [-0.2, -0.15) is 0 Å². The Hall–Kier alpha value is -2.95. The highest BCUT2D eigenvalue weighted by Gasteiger charge is 2.10. The fourth-order valence-corrected chi connectivity index (χ4v) is 2.56. The molecule has 0 aliphatic rings. The zero-order valence-electron chi connectivity index (χ0n) is 13.7. The molecule has 1 amide bonds. The van der Waals surface area contributed by atoms with Crippen LogP contribution in [0, 0.1) is 0 Å². The second kappa shape index (κ2) is 7.08. The summed E-state index contributed by atoms with van der Waals surface area (Å²) >= 11 is 0. The quantitative estimate of drug-likeness (QED) is 0.784. The van der Waals surface area contributed by atoms with Crippen LogP contribution in [0.3, 0.4) is 0 Å². The monoisotopic (exact) mass is 321 g/mol. The molecular weight excluding hydrogens is 302 g/mol. The summed E-state index contributed by atoms with van der Waals surface area (Å²) in [5.74, 6) is 1.40. The minimum Gasteiger partial charge on any atom is -0.497 e. The summed E-state index contributed by atoms with van der Waals surface area (Å²) in [4.78, 5) is 20.5. The summed E-state index contributed by atoms with van der Waals surface area (Å²) in [5, 5.41) is 3.76. The Labute approximate surface area is 140 Å². The van der Waals surface area contributed by atoms with Gasteiger partial charge in [-0.3, -0.25) is 4.79 Å². The van der Waals surface area contributed by atoms with Gasteiger partial charge in [-0.1, -0.05) is 30.3 Å². The van der Waals surface area contributed by atoms with Gasteiger partial charge < -0.3 is 10.1 Å². The number of nitrogens with zero attached hydrogens (tertiary/aromatic N) is 2. The van der Waals surface area contributed by atoms with Crippen LogP contribution in [0.5, 0.6) is 5.75 Å². The molecule has 0 aliphatic heterocycles. The van der Waals surface area contributed by atoms with E-state index in [1.165, 1.54) is 6.92 Å². The number of nitrogens with one attached hydrogen (secondary N) is 1. The molecule has 5 heteroatoms. The Morgan fingerprint density at radius 3 is 2.62 bits per heavy atom. The van der Waals surface area contributed by atoms with E-state index in [2.05, 4.69) is 10.3 Å². The molecule has 0 atom stereocenters. The Balaban J connectivity index is 2.07. The number of aromatic nitrogens is 2. The fraction of sp³-hybridized carbons (Fsp3) is 0.211. The van der Waals surface area contributed by atoms with Gasteiger partial charge in [-0.05, 0) is 18.2 Å². The van der Waals surface area contributed by atoms with Gasteiger partial charge in [0.15, 0.2) is 5.82 Å². The highest BCUT2D eigenvalue weighted by Crippen LogP contribution is 2.25. The van der Waals surface area contributed by atoms with E-state index in [0.29, 0.717) is 18.8 Å². The standard InChI is InChI=1S/C19H19N3O2/c1-13(23)20-11-10-18-16-12-15(24-2)8-9-17(16)21-19(22-18)14-6-4-3-5-7-14/h3-9,12H,10-11H2,1-2H3,(H,20,23). The molecule has 3 aromatic rings. The molecule has 5 nitrogen and oxygen atoms in total. The van der Waals surface area contributed by atoms with Crippen molar-refractivity contribution in [2.75, 3.05) is 13.7 Å². The van der Waals surface area contributed by atoms with Gasteiger partial charge in [0.2, 0.25) is 5.91 Å². The molecule has 0 fully saturated rings. The summed E-state index contributed by atoms with van der Waals surface area (Å²) in [6.45, 7) is 2.05. The second-order valence-electron chi connectivity index (χ2n) is 5.48. The number of fused-ring (bicyclic) bond motifs is 1. The van der Waals surface area contributed by atoms with Crippen LogP contribution in [0.2, 0.25) is 0 Å². The number of hydrogen-bond acceptors (Lipinski definition) is 4. The van der Waals surface area contributed by atoms with Crippen LogP contribution in [0.25, 0.3) is 22.3 Å². The minimum absolute atomic E-state index is 0.0470. The van der Waals surface area contributed by atoms with Gasteiger partial charge in [0.1, 0.15) is 5.75 Å². The van der Waals surface area contributed by atoms with Crippen molar-refractivity contribution in [2.24, 2.45) is 0 Å². The van der Waals surface area contributed by atoms with E-state index in [4.69, 9.17) is 9.72 Å². The van der Waals surface area contributed by atoms with E-state index >= 15 is 0 Å². The van der Waals surface area contributed by atoms with Gasteiger partial charge in [0.25, 0.3) is 0 Å². The molecule has 1 heterocycles. The SMILES string of the molecule is COc1ccc2nc(-c3ccccc3)nc(CCNC(C)=O)c2c1. The van der Waals surface area contributed by atoms with Crippen LogP contribution in [0.4, 0.5) is 0 Å². The number of hydrogen-bond donors (Lipinski definition) is 1. The van der Waals surface area contributed by atoms with Crippen LogP contribution < -0.4 is 10.1 Å². The first-order chi connectivity index (χ1) is 11.7. The Kier molecular flexibility index (Phi) is 4.70. The lowest BCUT2D eigenvalue weighted by Gasteiger charge is -2.10. The first-order valence-corrected chi connectivity index (χ1v) is 7.82. The van der Waals surface area contributed by atoms with Crippen LogP contribution in [0.15, 0.2) is 48.5 Å². The molecular formula is C19H19N3O2. The summed E-state index contributed by atoms with van der Waals surface area (Å²) < 4.78 is 5.31. The molecule has 0 saturated carbocycles. The second-order valence-corrected chi connectivity index (χ2v) is 5.48. The molecule has 1 aromatic heterocycles. The Bertz CT molecular complexity index is 863. The summed E-state index contributed by atoms with van der Waals surface area (Å²) in [5.41, 5.74) is 2.73. The van der Waals surface area contributed by atoms with Crippen molar-refractivity contribution < 1.29 is 9.53 Å². The fourth-order valence-electron chi connectivity index (χ4n) is 2.56. The molecule has 1 N–H and O–H groups in total. The average Bonchev–Trinajstić information content (AvgIpc) is 2.61. The molecule has 0 aliphatic carbocycles. The summed E-state index contributed by atoms with van der Waals surface area (Å²) in [7, 11) is 1.64. The predicted molar refractivity (Wildman–Crippen MR) is 93.9 cm³/mol. The van der Waals surface area contributed by atoms with Crippen molar-refractivity contribution in [1.29, 1.82) is 0 Å². The van der Waals surface area contributed by atoms with E-state index in [0.717, 1.165) is 27.9 Å². The molecule has 3 rings (SSSR count). The molecule has 2 aromatic carbocycles. The zero-order chi connectivity index (χ0) is 16.9. The van der Waals surface area contributed by atoms with Crippen molar-refractivity contribution >= 4 is 16.8 Å². The first-order valence-electron chi connectivity index (χ1n) is 7.82. The number of amides is 1. The Morgan fingerprint density at radius 1 is 1.12 bits per heavy atom. The number of carbonyl (C=O) groups is 1. The van der Waals surface area contributed by atoms with Crippen molar-refractivity contribution in [3.8, 4) is 17.1 Å². The number of benzene rings is 2. The van der Waals surface area contributed by atoms with Crippen molar-refractivity contribution in [3.05, 3.63) is 54.2 Å². The highest BCUT2D eigenvalue weighted by atomic mass is 16.5. The third-order valence-corrected chi connectivity index (χ3v) is 3.75. The number of rotatable bonds is 5. The van der Waals surface area contributed by atoms with E-state index in [9.17, 15) is 4.79 Å². The maximum atomic E-state index is 11.1. The molecule has 0 radical (unpaired) electrons. The van der Waals surface area contributed by atoms with E-state index in [1.807, 2.05) is 48.5 Å². The molecule has 0 bridgehead atoms. The molecule has 122 valence electrons. The van der Waals surface area contributed by atoms with E-state index in [1.54, 1.807) is 7.11 Å². The number of ether oxygens (including phenoxy) is 1. The molecule has 0 spiro atoms. The third-order valence-electron chi connectivity index (χ3n) is 3.75. The smallest absolute Gasteiger partial charge is 0.216 e. The zero-order valence-corrected chi connectivity index (χ0v) is 13.7. The van der Waals surface area contributed by atoms with Crippen molar-refractivity contribution in [2.45, 2.75) is 13.3 Å². The minimum atomic E-state index is -0.0470. The lowest BCUT2D eigenvalue weighted by Crippen LogP contribution is -2.22. The largest absolute Gasteiger partial charge is 0.497 e. The topological polar surface area (TPSA) is 64.1 Å². The van der Waals surface area contributed by atoms with Gasteiger partial charge in [0, 0.05) is 30.8 Å². The molecule has 24 heavy (non-hydrogen) atoms. The van der Waals surface area contributed by atoms with Crippen molar-refractivity contribution in [3.63, 3.8) is 0 Å². The van der Waals surface area contributed by atoms with Crippen molar-refractivity contribution in [1.82, 2.24) is 15.3 Å². The summed E-state index contributed by atoms with van der Waals surface area (Å²) in [6, 6.07) is 15.6. The Morgan fingerprint density at radius 2 is 1.92 bits per heavy atom. The van der Waals surface area contributed by atoms with Crippen LogP contribution in [-0.4, -0.2) is 29.5 Å². The van der Waals surface area contributed by atoms with Gasteiger partial charge >= 0.3 is 0 Å². The third kappa shape index (κ3) is 3.51. The summed E-state index contributed by atoms with van der Waals surface area (Å²) in [6.07, 6.45) is 0.631. The lowest BCUT2D eigenvalue weighted by molar-refractivity contribution is -0.118. The van der Waals surface area contributed by atoms with Crippen LogP contribution >= 0.6 is 0 Å². The number of carbonyl (C=O) groups excluding carboxylic acids is 1. The first kappa shape index (κ1) is 15.9. The van der Waals surface area contributed by atoms with E-state index in [-0.39, 0.29) is 5.91 Å². The van der Waals surface area contributed by atoms with Crippen LogP contribution in [0.1, 0.15) is 12.6 Å². The molecule has 0 unspecified atom stereocenters. The normalized spacial score (nSPS) is 10.6.